The molecule has 0 saturated heterocycles. The Morgan fingerprint density at radius 2 is 0.633 bits per heavy atom. The smallest absolute Gasteiger partial charge is 0.164 e. The normalized spacial score (nSPS) is 13.3. The van der Waals surface area contributed by atoms with E-state index >= 15 is 0 Å². The van der Waals surface area contributed by atoms with Crippen molar-refractivity contribution in [3.05, 3.63) is 95.1 Å². The molecule has 5 heterocycles. The first-order valence-electron chi connectivity index (χ1n) is 20.7. The summed E-state index contributed by atoms with van der Waals surface area (Å²) in [6.45, 7) is 19.1. The van der Waals surface area contributed by atoms with Crippen LogP contribution in [0.25, 0.3) is 89.7 Å². The van der Waals surface area contributed by atoms with E-state index < -0.39 is 0 Å². The number of aromatic nitrogens is 8. The molecule has 7 aromatic rings. The highest BCUT2D eigenvalue weighted by Gasteiger charge is 2.29. The largest absolute Gasteiger partial charge is 0.330 e. The van der Waals surface area contributed by atoms with Gasteiger partial charge < -0.3 is 32.9 Å². The molecule has 0 saturated carbocycles. The summed E-state index contributed by atoms with van der Waals surface area (Å²) < 4.78 is 0. The number of nitrogens with two attached hydrogens (primary N) is 4. The fourth-order valence-corrected chi connectivity index (χ4v) is 7.95. The van der Waals surface area contributed by atoms with E-state index in [0.717, 1.165) is 66.1 Å². The van der Waals surface area contributed by atoms with Gasteiger partial charge >= 0.3 is 0 Å². The van der Waals surface area contributed by atoms with E-state index in [1.54, 1.807) is 0 Å². The molecule has 0 radical (unpaired) electrons. The summed E-state index contributed by atoms with van der Waals surface area (Å²) in [4.78, 5) is 38.7. The summed E-state index contributed by atoms with van der Waals surface area (Å²) in [5.74, 6) is 2.14. The number of fused-ring (bicyclic) bond motifs is 20. The van der Waals surface area contributed by atoms with Crippen LogP contribution >= 0.6 is 0 Å². The third-order valence-electron chi connectivity index (χ3n) is 13.0. The average molecular weight is 799 g/mol. The molecule has 2 aliphatic rings. The number of rotatable bonds is 8. The standard InChI is InChI=1S/C48H54N12/c1-45(2,21-49)25-9-13-29-33(17-25)41-53-37(29)58-42-35-19-27(47(5,6)23-51)11-15-31(35)39(55-42)60-44-36-20-28(48(7,8)24-52)12-16-32(36)40(56-44)59-43-34-18-26(46(3,4)22-50)10-14-30(34)38(54-43)57-41/h9-20H,21-24,49-52H2,1-8H3,(H2,53,54,55,56,57,58,59,60). The number of benzene rings is 4. The lowest BCUT2D eigenvalue weighted by atomic mass is 9.83. The maximum atomic E-state index is 6.30. The zero-order valence-corrected chi connectivity index (χ0v) is 35.7. The molecule has 12 nitrogen and oxygen atoms in total. The Morgan fingerprint density at radius 1 is 0.350 bits per heavy atom. The van der Waals surface area contributed by atoms with Crippen molar-refractivity contribution in [2.24, 2.45) is 22.9 Å². The molecule has 10 N–H and O–H groups in total. The predicted molar refractivity (Wildman–Crippen MR) is 244 cm³/mol. The molecule has 9 rings (SSSR count). The van der Waals surface area contributed by atoms with Crippen LogP contribution in [0.4, 0.5) is 0 Å². The summed E-state index contributed by atoms with van der Waals surface area (Å²) in [7, 11) is 0. The quantitative estimate of drug-likeness (QED) is 0.0877. The van der Waals surface area contributed by atoms with Gasteiger partial charge in [0.25, 0.3) is 0 Å². The van der Waals surface area contributed by atoms with Crippen molar-refractivity contribution >= 4 is 44.1 Å². The molecule has 2 aliphatic heterocycles. The van der Waals surface area contributed by atoms with E-state index in [0.29, 0.717) is 72.1 Å². The summed E-state index contributed by atoms with van der Waals surface area (Å²) in [6.07, 6.45) is 0. The molecule has 0 amide bonds. The Kier molecular flexibility index (Phi) is 9.10. The van der Waals surface area contributed by atoms with Gasteiger partial charge in [-0.25, -0.2) is 29.9 Å². The third-order valence-corrected chi connectivity index (χ3v) is 13.0. The fraction of sp³-hybridized carbons (Fsp3) is 0.333. The van der Waals surface area contributed by atoms with Gasteiger partial charge in [-0.1, -0.05) is 104 Å². The topological polar surface area (TPSA) is 213 Å². The lowest BCUT2D eigenvalue weighted by Gasteiger charge is -2.23. The first-order valence-corrected chi connectivity index (χ1v) is 20.7. The van der Waals surface area contributed by atoms with Crippen LogP contribution in [-0.2, 0) is 21.7 Å². The number of hydrogen-bond acceptors (Lipinski definition) is 10. The zero-order valence-electron chi connectivity index (χ0n) is 35.7. The molecule has 60 heavy (non-hydrogen) atoms. The van der Waals surface area contributed by atoms with Gasteiger partial charge in [0.05, 0.1) is 0 Å². The Bertz CT molecular complexity index is 2850. The number of nitrogens with one attached hydrogen (secondary N) is 2. The highest BCUT2D eigenvalue weighted by Crippen LogP contribution is 2.41. The maximum Gasteiger partial charge on any atom is 0.164 e. The van der Waals surface area contributed by atoms with Gasteiger partial charge in [-0.05, 0) is 46.5 Å². The van der Waals surface area contributed by atoms with Crippen molar-refractivity contribution in [1.29, 1.82) is 0 Å². The van der Waals surface area contributed by atoms with E-state index in [4.69, 9.17) is 52.8 Å². The fourth-order valence-electron chi connectivity index (χ4n) is 7.95. The van der Waals surface area contributed by atoms with E-state index in [1.807, 2.05) is 0 Å². The summed E-state index contributed by atoms with van der Waals surface area (Å²) in [6, 6.07) is 25.4. The lowest BCUT2D eigenvalue weighted by molar-refractivity contribution is 0.539. The highest BCUT2D eigenvalue weighted by atomic mass is 15.1. The second-order valence-corrected chi connectivity index (χ2v) is 19.0. The van der Waals surface area contributed by atoms with Gasteiger partial charge in [0.2, 0.25) is 0 Å². The lowest BCUT2D eigenvalue weighted by Crippen LogP contribution is -2.28. The Morgan fingerprint density at radius 3 is 0.967 bits per heavy atom. The van der Waals surface area contributed by atoms with Crippen molar-refractivity contribution in [2.75, 3.05) is 26.2 Å². The summed E-state index contributed by atoms with van der Waals surface area (Å²) in [5, 5.41) is 3.58. The van der Waals surface area contributed by atoms with E-state index in [9.17, 15) is 0 Å². The second-order valence-electron chi connectivity index (χ2n) is 19.0. The predicted octanol–water partition coefficient (Wildman–Crippen LogP) is 7.81. The van der Waals surface area contributed by atoms with Gasteiger partial charge in [0, 0.05) is 91.6 Å². The average Bonchev–Trinajstić information content (AvgIpc) is 3.98. The summed E-state index contributed by atoms with van der Waals surface area (Å²) >= 11 is 0. The Hall–Kier alpha value is -5.92. The van der Waals surface area contributed by atoms with Crippen molar-refractivity contribution in [2.45, 2.75) is 77.0 Å². The molecule has 3 aromatic heterocycles. The highest BCUT2D eigenvalue weighted by molar-refractivity contribution is 6.07. The van der Waals surface area contributed by atoms with Crippen LogP contribution in [0.1, 0.15) is 77.6 Å². The van der Waals surface area contributed by atoms with Crippen molar-refractivity contribution in [3.8, 4) is 45.6 Å². The molecule has 0 atom stereocenters. The molecule has 8 bridgehead atoms. The van der Waals surface area contributed by atoms with Gasteiger partial charge in [-0.3, -0.25) is 0 Å². The molecule has 0 unspecified atom stereocenters. The maximum absolute atomic E-state index is 6.30. The van der Waals surface area contributed by atoms with Crippen LogP contribution < -0.4 is 22.9 Å². The minimum Gasteiger partial charge on any atom is -0.330 e. The van der Waals surface area contributed by atoms with Crippen molar-refractivity contribution in [3.63, 3.8) is 0 Å². The number of H-pyrrole nitrogens is 2. The van der Waals surface area contributed by atoms with Crippen LogP contribution in [0.3, 0.4) is 0 Å². The molecule has 306 valence electrons. The molecule has 4 aromatic carbocycles. The van der Waals surface area contributed by atoms with Crippen molar-refractivity contribution < 1.29 is 0 Å². The summed E-state index contributed by atoms with van der Waals surface area (Å²) in [5.41, 5.74) is 34.4. The van der Waals surface area contributed by atoms with Crippen molar-refractivity contribution in [1.82, 2.24) is 39.9 Å². The third kappa shape index (κ3) is 6.37. The molecule has 0 fully saturated rings. The molecule has 12 heteroatoms. The number of nitrogens with zero attached hydrogens (tertiary/aromatic N) is 6. The SMILES string of the molecule is CC(C)(CN)c1ccc2c(c1)-c1nc-2nc2[nH]c(nc3nc(nc4[nH]c(n1)c1ccc(C(C)(C)CN)cc41)-c1ccc(C(C)(C)CN)cc1-3)c1ccc(C(C)(C)CN)cc21. The van der Waals surface area contributed by atoms with Gasteiger partial charge in [0.15, 0.2) is 23.3 Å². The van der Waals surface area contributed by atoms with Crippen LogP contribution in [0, 0.1) is 0 Å². The first-order chi connectivity index (χ1) is 28.5. The number of hydrogen-bond donors (Lipinski definition) is 6. The van der Waals surface area contributed by atoms with E-state index in [-0.39, 0.29) is 21.7 Å². The molecule has 0 aliphatic carbocycles. The zero-order chi connectivity index (χ0) is 42.5. The minimum absolute atomic E-state index is 0.275. The monoisotopic (exact) mass is 798 g/mol. The molecular formula is C48H54N12. The van der Waals surface area contributed by atoms with Crippen LogP contribution in [0.5, 0.6) is 0 Å². The van der Waals surface area contributed by atoms with Gasteiger partial charge in [-0.15, -0.1) is 0 Å². The van der Waals surface area contributed by atoms with E-state index in [2.05, 4.69) is 138 Å². The van der Waals surface area contributed by atoms with Gasteiger partial charge in [0.1, 0.15) is 22.6 Å². The molecule has 0 spiro atoms. The van der Waals surface area contributed by atoms with E-state index in [1.165, 1.54) is 0 Å². The second kappa shape index (κ2) is 13.8. The minimum atomic E-state index is -0.278. The van der Waals surface area contributed by atoms with Gasteiger partial charge in [-0.2, -0.15) is 0 Å². The van der Waals surface area contributed by atoms with Crippen LogP contribution in [-0.4, -0.2) is 66.1 Å². The number of aromatic amines is 2. The van der Waals surface area contributed by atoms with Crippen LogP contribution in [0.2, 0.25) is 0 Å². The first kappa shape index (κ1) is 39.5. The molecular weight excluding hydrogens is 745 g/mol. The van der Waals surface area contributed by atoms with Crippen LogP contribution in [0.15, 0.2) is 72.8 Å². The Labute approximate surface area is 349 Å². The Balaban J connectivity index is 1.45.